The minimum absolute atomic E-state index is 0. The van der Waals surface area contributed by atoms with Gasteiger partial charge in [-0.05, 0) is 54.4 Å². The Bertz CT molecular complexity index is 1030. The normalized spacial score (nSPS) is 13.8. The average molecular weight is 560 g/mol. The van der Waals surface area contributed by atoms with Gasteiger partial charge >= 0.3 is 0 Å². The Morgan fingerprint density at radius 1 is 1.10 bits per heavy atom. The van der Waals surface area contributed by atoms with Crippen LogP contribution in [0.25, 0.3) is 0 Å². The minimum atomic E-state index is -3.43. The molecule has 2 aromatic rings. The molecule has 1 aliphatic rings. The van der Waals surface area contributed by atoms with Gasteiger partial charge in [-0.1, -0.05) is 12.1 Å². The van der Waals surface area contributed by atoms with Crippen LogP contribution in [0.4, 0.5) is 0 Å². The van der Waals surface area contributed by atoms with Crippen LogP contribution in [0.15, 0.2) is 46.3 Å². The van der Waals surface area contributed by atoms with Crippen molar-refractivity contribution in [2.24, 2.45) is 4.99 Å². The van der Waals surface area contributed by atoms with Gasteiger partial charge in [0.15, 0.2) is 17.5 Å². The van der Waals surface area contributed by atoms with Crippen molar-refractivity contribution in [2.45, 2.75) is 24.4 Å². The van der Waals surface area contributed by atoms with Gasteiger partial charge in [0.25, 0.3) is 0 Å². The number of hydrogen-bond acceptors (Lipinski definition) is 5. The van der Waals surface area contributed by atoms with Gasteiger partial charge in [-0.25, -0.2) is 13.1 Å². The Hall–Kier alpha value is -2.05. The quantitative estimate of drug-likeness (QED) is 0.320. The summed E-state index contributed by atoms with van der Waals surface area (Å²) in [4.78, 5) is 6.85. The summed E-state index contributed by atoms with van der Waals surface area (Å²) in [7, 11) is 3.01. The SMILES string of the molecule is CN=C(NCc1ccc(S(=O)(=O)NC)cc1)N1CCc2cc(OC)c(OC)cc2C1.I. The van der Waals surface area contributed by atoms with Gasteiger partial charge in [0.2, 0.25) is 10.0 Å². The molecule has 0 radical (unpaired) electrons. The molecular weight excluding hydrogens is 531 g/mol. The zero-order valence-corrected chi connectivity index (χ0v) is 21.3. The molecule has 0 saturated carbocycles. The molecule has 3 rings (SSSR count). The summed E-state index contributed by atoms with van der Waals surface area (Å²) in [6.45, 7) is 2.10. The van der Waals surface area contributed by atoms with E-state index in [2.05, 4.69) is 19.9 Å². The van der Waals surface area contributed by atoms with Gasteiger partial charge in [-0.15, -0.1) is 24.0 Å². The van der Waals surface area contributed by atoms with Crippen molar-refractivity contribution >= 4 is 40.0 Å². The van der Waals surface area contributed by atoms with E-state index in [1.807, 2.05) is 12.1 Å². The second kappa shape index (κ2) is 11.0. The Morgan fingerprint density at radius 3 is 2.26 bits per heavy atom. The molecule has 1 aliphatic heterocycles. The molecule has 0 aliphatic carbocycles. The molecular formula is C21H29IN4O4S. The summed E-state index contributed by atoms with van der Waals surface area (Å²) in [6.07, 6.45) is 0.882. The first-order valence-electron chi connectivity index (χ1n) is 9.63. The highest BCUT2D eigenvalue weighted by Gasteiger charge is 2.21. The van der Waals surface area contributed by atoms with E-state index in [9.17, 15) is 8.42 Å². The second-order valence-electron chi connectivity index (χ2n) is 6.90. The van der Waals surface area contributed by atoms with Crippen molar-refractivity contribution in [3.8, 4) is 11.5 Å². The van der Waals surface area contributed by atoms with Gasteiger partial charge in [-0.2, -0.15) is 0 Å². The number of nitrogens with one attached hydrogen (secondary N) is 2. The monoisotopic (exact) mass is 560 g/mol. The zero-order valence-electron chi connectivity index (χ0n) is 18.1. The summed E-state index contributed by atoms with van der Waals surface area (Å²) in [6, 6.07) is 10.9. The van der Waals surface area contributed by atoms with E-state index in [0.717, 1.165) is 36.0 Å². The first-order valence-corrected chi connectivity index (χ1v) is 11.1. The Kier molecular flexibility index (Phi) is 8.95. The first-order chi connectivity index (χ1) is 14.4. The lowest BCUT2D eigenvalue weighted by molar-refractivity contribution is 0.346. The smallest absolute Gasteiger partial charge is 0.240 e. The molecule has 31 heavy (non-hydrogen) atoms. The van der Waals surface area contributed by atoms with Crippen LogP contribution in [0.5, 0.6) is 11.5 Å². The van der Waals surface area contributed by atoms with E-state index >= 15 is 0 Å². The predicted molar refractivity (Wildman–Crippen MR) is 132 cm³/mol. The summed E-state index contributed by atoms with van der Waals surface area (Å²) >= 11 is 0. The topological polar surface area (TPSA) is 92.3 Å². The summed E-state index contributed by atoms with van der Waals surface area (Å²) in [5.74, 6) is 2.26. The lowest BCUT2D eigenvalue weighted by atomic mass is 9.99. The van der Waals surface area contributed by atoms with Gasteiger partial charge in [0.1, 0.15) is 0 Å². The van der Waals surface area contributed by atoms with Crippen LogP contribution in [0, 0.1) is 0 Å². The van der Waals surface area contributed by atoms with Crippen molar-refractivity contribution < 1.29 is 17.9 Å². The van der Waals surface area contributed by atoms with E-state index < -0.39 is 10.0 Å². The maximum Gasteiger partial charge on any atom is 0.240 e. The number of sulfonamides is 1. The Balaban J connectivity index is 0.00000341. The van der Waals surface area contributed by atoms with E-state index in [1.54, 1.807) is 45.5 Å². The molecule has 0 spiro atoms. The second-order valence-corrected chi connectivity index (χ2v) is 8.79. The number of nitrogens with zero attached hydrogens (tertiary/aromatic N) is 2. The molecule has 0 aromatic heterocycles. The van der Waals surface area contributed by atoms with Crippen molar-refractivity contribution in [1.82, 2.24) is 14.9 Å². The predicted octanol–water partition coefficient (Wildman–Crippen LogP) is 2.36. The number of ether oxygens (including phenoxy) is 2. The number of fused-ring (bicyclic) bond motifs is 1. The summed E-state index contributed by atoms with van der Waals surface area (Å²) in [5.41, 5.74) is 3.40. The number of hydrogen-bond donors (Lipinski definition) is 2. The summed E-state index contributed by atoms with van der Waals surface area (Å²) < 4.78 is 36.9. The fraction of sp³-hybridized carbons (Fsp3) is 0.381. The molecule has 1 heterocycles. The van der Waals surface area contributed by atoms with Gasteiger partial charge < -0.3 is 19.7 Å². The molecule has 8 nitrogen and oxygen atoms in total. The fourth-order valence-electron chi connectivity index (χ4n) is 3.48. The van der Waals surface area contributed by atoms with Gasteiger partial charge in [0.05, 0.1) is 19.1 Å². The molecule has 0 atom stereocenters. The van der Waals surface area contributed by atoms with Crippen LogP contribution >= 0.6 is 24.0 Å². The van der Waals surface area contributed by atoms with E-state index in [4.69, 9.17) is 9.47 Å². The fourth-order valence-corrected chi connectivity index (χ4v) is 4.21. The third-order valence-electron chi connectivity index (χ3n) is 5.18. The first kappa shape index (κ1) is 25.2. The molecule has 10 heteroatoms. The lowest BCUT2D eigenvalue weighted by Gasteiger charge is -2.32. The number of methoxy groups -OCH3 is 2. The molecule has 2 aromatic carbocycles. The highest BCUT2D eigenvalue weighted by Crippen LogP contribution is 2.33. The van der Waals surface area contributed by atoms with Crippen molar-refractivity contribution in [2.75, 3.05) is 34.9 Å². The highest BCUT2D eigenvalue weighted by atomic mass is 127. The van der Waals surface area contributed by atoms with E-state index in [-0.39, 0.29) is 28.9 Å². The minimum Gasteiger partial charge on any atom is -0.493 e. The van der Waals surface area contributed by atoms with Crippen LogP contribution in [0.3, 0.4) is 0 Å². The third kappa shape index (κ3) is 5.80. The van der Waals surface area contributed by atoms with Crippen LogP contribution in [-0.4, -0.2) is 54.1 Å². The molecule has 0 bridgehead atoms. The van der Waals surface area contributed by atoms with Crippen molar-refractivity contribution in [1.29, 1.82) is 0 Å². The maximum absolute atomic E-state index is 11.8. The van der Waals surface area contributed by atoms with Gasteiger partial charge in [0, 0.05) is 26.7 Å². The number of rotatable bonds is 6. The van der Waals surface area contributed by atoms with Crippen LogP contribution in [0.2, 0.25) is 0 Å². The van der Waals surface area contributed by atoms with E-state index in [1.165, 1.54) is 18.2 Å². The van der Waals surface area contributed by atoms with Crippen LogP contribution < -0.4 is 19.5 Å². The number of halogens is 1. The van der Waals surface area contributed by atoms with Gasteiger partial charge in [-0.3, -0.25) is 4.99 Å². The number of guanidine groups is 1. The van der Waals surface area contributed by atoms with Crippen LogP contribution in [0.1, 0.15) is 16.7 Å². The largest absolute Gasteiger partial charge is 0.493 e. The average Bonchev–Trinajstić information content (AvgIpc) is 2.78. The zero-order chi connectivity index (χ0) is 21.7. The molecule has 0 unspecified atom stereocenters. The standard InChI is InChI=1S/C21H28N4O4S.HI/c1-22-21(24-13-15-5-7-18(8-6-15)30(26,27)23-2)25-10-9-16-11-19(28-3)20(29-4)12-17(16)14-25;/h5-8,11-12,23H,9-10,13-14H2,1-4H3,(H,22,24);1H. The van der Waals surface area contributed by atoms with Crippen molar-refractivity contribution in [3.63, 3.8) is 0 Å². The third-order valence-corrected chi connectivity index (χ3v) is 6.61. The lowest BCUT2D eigenvalue weighted by Crippen LogP contribution is -2.43. The number of aliphatic imine (C=N–C) groups is 1. The van der Waals surface area contributed by atoms with Crippen LogP contribution in [-0.2, 0) is 29.5 Å². The van der Waals surface area contributed by atoms with Crippen molar-refractivity contribution in [3.05, 3.63) is 53.1 Å². The highest BCUT2D eigenvalue weighted by molar-refractivity contribution is 14.0. The molecule has 2 N–H and O–H groups in total. The maximum atomic E-state index is 11.8. The molecule has 0 saturated heterocycles. The van der Waals surface area contributed by atoms with E-state index in [0.29, 0.717) is 13.1 Å². The Labute approximate surface area is 201 Å². The molecule has 0 fully saturated rings. The number of benzene rings is 2. The molecule has 170 valence electrons. The molecule has 0 amide bonds. The summed E-state index contributed by atoms with van der Waals surface area (Å²) in [5, 5.41) is 3.36. The Morgan fingerprint density at radius 2 is 1.71 bits per heavy atom.